The molecule has 0 spiro atoms. The first-order valence-electron chi connectivity index (χ1n) is 3.42. The van der Waals surface area contributed by atoms with Crippen LogP contribution in [-0.2, 0) is 0 Å². The number of hydrogen-bond acceptors (Lipinski definition) is 3. The predicted molar refractivity (Wildman–Crippen MR) is 45.1 cm³/mol. The van der Waals surface area contributed by atoms with Gasteiger partial charge >= 0.3 is 0 Å². The Morgan fingerprint density at radius 3 is 2.64 bits per heavy atom. The number of rotatable bonds is 2. The summed E-state index contributed by atoms with van der Waals surface area (Å²) in [6, 6.07) is 5.68. The first-order valence-corrected chi connectivity index (χ1v) is 3.42. The molecule has 0 aliphatic rings. The second kappa shape index (κ2) is 3.23. The minimum Gasteiger partial charge on any atom is -0.481 e. The van der Waals surface area contributed by atoms with Crippen molar-refractivity contribution in [1.29, 1.82) is 0 Å². The Balaban J connectivity index is 2.91. The molecule has 11 heavy (non-hydrogen) atoms. The average molecular weight is 152 g/mol. The summed E-state index contributed by atoms with van der Waals surface area (Å²) in [5.41, 5.74) is 0. The van der Waals surface area contributed by atoms with Crippen LogP contribution in [0.2, 0.25) is 0 Å². The summed E-state index contributed by atoms with van der Waals surface area (Å²) in [6.45, 7) is 0. The zero-order valence-corrected chi connectivity index (χ0v) is 7.03. The molecule has 0 saturated heterocycles. The normalized spacial score (nSPS) is 9.36. The Morgan fingerprint density at radius 1 is 1.36 bits per heavy atom. The highest BCUT2D eigenvalue weighted by molar-refractivity contribution is 5.38. The largest absolute Gasteiger partial charge is 0.481 e. The van der Waals surface area contributed by atoms with Crippen molar-refractivity contribution >= 4 is 5.82 Å². The lowest BCUT2D eigenvalue weighted by molar-refractivity contribution is 0.398. The lowest BCUT2D eigenvalue weighted by atomic mass is 10.4. The van der Waals surface area contributed by atoms with Gasteiger partial charge in [0.15, 0.2) is 0 Å². The van der Waals surface area contributed by atoms with Gasteiger partial charge in [-0.25, -0.2) is 0 Å². The van der Waals surface area contributed by atoms with E-state index in [1.165, 1.54) is 0 Å². The van der Waals surface area contributed by atoms with Crippen molar-refractivity contribution in [2.24, 2.45) is 0 Å². The highest BCUT2D eigenvalue weighted by Gasteiger charge is 1.96. The van der Waals surface area contributed by atoms with Gasteiger partial charge in [-0.3, -0.25) is 0 Å². The first-order chi connectivity index (χ1) is 5.24. The Hall–Kier alpha value is -1.25. The van der Waals surface area contributed by atoms with Crippen LogP contribution in [0.4, 0.5) is 5.82 Å². The van der Waals surface area contributed by atoms with Crippen LogP contribution in [0.5, 0.6) is 5.88 Å². The summed E-state index contributed by atoms with van der Waals surface area (Å²) in [5.74, 6) is 1.56. The van der Waals surface area contributed by atoms with Crippen molar-refractivity contribution in [3.8, 4) is 5.88 Å². The summed E-state index contributed by atoms with van der Waals surface area (Å²) >= 11 is 0. The molecule has 0 aliphatic carbocycles. The second-order valence-electron chi connectivity index (χ2n) is 2.43. The van der Waals surface area contributed by atoms with E-state index < -0.39 is 0 Å². The molecule has 0 amide bonds. The smallest absolute Gasteiger partial charge is 0.214 e. The molecule has 0 N–H and O–H groups in total. The van der Waals surface area contributed by atoms with E-state index in [-0.39, 0.29) is 0 Å². The van der Waals surface area contributed by atoms with Crippen molar-refractivity contribution in [3.05, 3.63) is 18.2 Å². The number of anilines is 1. The SMILES string of the molecule is COc1cccc(N(C)C)n1. The second-order valence-corrected chi connectivity index (χ2v) is 2.43. The first kappa shape index (κ1) is 7.85. The third-order valence-corrected chi connectivity index (χ3v) is 1.38. The molecule has 0 fully saturated rings. The Morgan fingerprint density at radius 2 is 2.09 bits per heavy atom. The fraction of sp³-hybridized carbons (Fsp3) is 0.375. The van der Waals surface area contributed by atoms with Gasteiger partial charge in [0, 0.05) is 20.2 Å². The molecule has 0 unspecified atom stereocenters. The van der Waals surface area contributed by atoms with E-state index in [1.807, 2.05) is 37.2 Å². The summed E-state index contributed by atoms with van der Waals surface area (Å²) in [7, 11) is 5.51. The van der Waals surface area contributed by atoms with Gasteiger partial charge in [0.1, 0.15) is 5.82 Å². The lowest BCUT2D eigenvalue weighted by Gasteiger charge is -2.10. The van der Waals surface area contributed by atoms with Crippen molar-refractivity contribution in [1.82, 2.24) is 4.98 Å². The van der Waals surface area contributed by atoms with Crippen molar-refractivity contribution < 1.29 is 4.74 Å². The van der Waals surface area contributed by atoms with Crippen molar-refractivity contribution in [2.75, 3.05) is 26.1 Å². The summed E-state index contributed by atoms with van der Waals surface area (Å²) in [5, 5.41) is 0. The van der Waals surface area contributed by atoms with E-state index in [2.05, 4.69) is 4.98 Å². The number of nitrogens with zero attached hydrogens (tertiary/aromatic N) is 2. The number of aromatic nitrogens is 1. The van der Waals surface area contributed by atoms with E-state index in [9.17, 15) is 0 Å². The molecule has 0 aliphatic heterocycles. The van der Waals surface area contributed by atoms with E-state index >= 15 is 0 Å². The van der Waals surface area contributed by atoms with Crippen LogP contribution >= 0.6 is 0 Å². The van der Waals surface area contributed by atoms with Crippen LogP contribution < -0.4 is 9.64 Å². The zero-order valence-electron chi connectivity index (χ0n) is 7.03. The Labute approximate surface area is 66.6 Å². The summed E-state index contributed by atoms with van der Waals surface area (Å²) in [6.07, 6.45) is 0. The third-order valence-electron chi connectivity index (χ3n) is 1.38. The maximum atomic E-state index is 4.97. The summed E-state index contributed by atoms with van der Waals surface area (Å²) in [4.78, 5) is 6.13. The molecule has 0 saturated carbocycles. The van der Waals surface area contributed by atoms with E-state index in [0.717, 1.165) is 5.82 Å². The molecule has 0 bridgehead atoms. The highest BCUT2D eigenvalue weighted by atomic mass is 16.5. The van der Waals surface area contributed by atoms with E-state index in [0.29, 0.717) is 5.88 Å². The van der Waals surface area contributed by atoms with Crippen LogP contribution in [0, 0.1) is 0 Å². The van der Waals surface area contributed by atoms with E-state index in [1.54, 1.807) is 7.11 Å². The topological polar surface area (TPSA) is 25.4 Å². The molecule has 3 nitrogen and oxygen atoms in total. The minimum absolute atomic E-state index is 0.649. The third kappa shape index (κ3) is 1.83. The van der Waals surface area contributed by atoms with Gasteiger partial charge in [-0.1, -0.05) is 6.07 Å². The molecule has 3 heteroatoms. The number of ether oxygens (including phenoxy) is 1. The monoisotopic (exact) mass is 152 g/mol. The highest BCUT2D eigenvalue weighted by Crippen LogP contribution is 2.12. The fourth-order valence-corrected chi connectivity index (χ4v) is 0.767. The molecule has 60 valence electrons. The number of methoxy groups -OCH3 is 1. The van der Waals surface area contributed by atoms with Gasteiger partial charge in [0.2, 0.25) is 5.88 Å². The van der Waals surface area contributed by atoms with Crippen LogP contribution in [-0.4, -0.2) is 26.2 Å². The van der Waals surface area contributed by atoms with E-state index in [4.69, 9.17) is 4.74 Å². The van der Waals surface area contributed by atoms with Crippen LogP contribution in [0.25, 0.3) is 0 Å². The van der Waals surface area contributed by atoms with Crippen LogP contribution in [0.1, 0.15) is 0 Å². The van der Waals surface area contributed by atoms with Gasteiger partial charge in [-0.2, -0.15) is 4.98 Å². The molecular weight excluding hydrogens is 140 g/mol. The van der Waals surface area contributed by atoms with Gasteiger partial charge in [-0.15, -0.1) is 0 Å². The Kier molecular flexibility index (Phi) is 2.31. The lowest BCUT2D eigenvalue weighted by Crippen LogP contribution is -2.10. The molecule has 1 aromatic heterocycles. The van der Waals surface area contributed by atoms with Gasteiger partial charge in [-0.05, 0) is 6.07 Å². The standard InChI is InChI=1S/C8H12N2O/c1-10(2)7-5-4-6-8(9-7)11-3/h4-6H,1-3H3. The maximum Gasteiger partial charge on any atom is 0.214 e. The maximum absolute atomic E-state index is 4.97. The molecule has 0 radical (unpaired) electrons. The van der Waals surface area contributed by atoms with Gasteiger partial charge in [0.05, 0.1) is 7.11 Å². The van der Waals surface area contributed by atoms with Crippen LogP contribution in [0.3, 0.4) is 0 Å². The molecule has 1 aromatic rings. The van der Waals surface area contributed by atoms with Gasteiger partial charge in [0.25, 0.3) is 0 Å². The number of hydrogen-bond donors (Lipinski definition) is 0. The van der Waals surface area contributed by atoms with Gasteiger partial charge < -0.3 is 9.64 Å². The quantitative estimate of drug-likeness (QED) is 0.635. The molecule has 0 atom stereocenters. The van der Waals surface area contributed by atoms with Crippen molar-refractivity contribution in [3.63, 3.8) is 0 Å². The minimum atomic E-state index is 0.649. The molecular formula is C8H12N2O. The van der Waals surface area contributed by atoms with Crippen LogP contribution in [0.15, 0.2) is 18.2 Å². The molecule has 0 aromatic carbocycles. The number of pyridine rings is 1. The predicted octanol–water partition coefficient (Wildman–Crippen LogP) is 1.16. The zero-order chi connectivity index (χ0) is 8.27. The van der Waals surface area contributed by atoms with Crippen molar-refractivity contribution in [2.45, 2.75) is 0 Å². The Bertz CT molecular complexity index is 235. The fourth-order valence-electron chi connectivity index (χ4n) is 0.767. The molecule has 1 rings (SSSR count). The summed E-state index contributed by atoms with van der Waals surface area (Å²) < 4.78 is 4.97. The molecule has 1 heterocycles. The average Bonchev–Trinajstić information content (AvgIpc) is 2.05.